The SMILES string of the molecule is CCN(CCO)CC(C)C(N)=O. The Balaban J connectivity index is 3.76. The molecule has 1 atom stereocenters. The molecule has 1 amide bonds. The van der Waals surface area contributed by atoms with Crippen molar-refractivity contribution in [3.05, 3.63) is 0 Å². The van der Waals surface area contributed by atoms with Crippen LogP contribution in [0.2, 0.25) is 0 Å². The number of aliphatic hydroxyl groups excluding tert-OH is 1. The molecule has 1 unspecified atom stereocenters. The quantitative estimate of drug-likeness (QED) is 0.566. The molecule has 0 spiro atoms. The summed E-state index contributed by atoms with van der Waals surface area (Å²) < 4.78 is 0. The van der Waals surface area contributed by atoms with E-state index in [0.29, 0.717) is 13.1 Å². The molecule has 4 heteroatoms. The summed E-state index contributed by atoms with van der Waals surface area (Å²) >= 11 is 0. The Bertz CT molecular complexity index is 139. The lowest BCUT2D eigenvalue weighted by Gasteiger charge is -2.21. The van der Waals surface area contributed by atoms with Gasteiger partial charge >= 0.3 is 0 Å². The van der Waals surface area contributed by atoms with Gasteiger partial charge in [-0.1, -0.05) is 13.8 Å². The first-order chi connectivity index (χ1) is 5.61. The van der Waals surface area contributed by atoms with Gasteiger partial charge in [0.05, 0.1) is 6.61 Å². The molecule has 0 aromatic heterocycles. The van der Waals surface area contributed by atoms with E-state index in [0.717, 1.165) is 6.54 Å². The summed E-state index contributed by atoms with van der Waals surface area (Å²) in [7, 11) is 0. The lowest BCUT2D eigenvalue weighted by Crippen LogP contribution is -2.36. The van der Waals surface area contributed by atoms with Crippen LogP contribution in [0.4, 0.5) is 0 Å². The molecule has 0 saturated heterocycles. The van der Waals surface area contributed by atoms with E-state index in [9.17, 15) is 4.79 Å². The monoisotopic (exact) mass is 174 g/mol. The molecule has 12 heavy (non-hydrogen) atoms. The predicted octanol–water partition coefficient (Wildman–Crippen LogP) is -0.578. The summed E-state index contributed by atoms with van der Waals surface area (Å²) in [6, 6.07) is 0. The van der Waals surface area contributed by atoms with Gasteiger partial charge in [-0.2, -0.15) is 0 Å². The molecular formula is C8H18N2O2. The number of aliphatic hydroxyl groups is 1. The molecule has 0 heterocycles. The minimum atomic E-state index is -0.286. The standard InChI is InChI=1S/C8H18N2O2/c1-3-10(4-5-11)6-7(2)8(9)12/h7,11H,3-6H2,1-2H3,(H2,9,12). The van der Waals surface area contributed by atoms with Crippen LogP contribution in [0.3, 0.4) is 0 Å². The second-order valence-corrected chi connectivity index (χ2v) is 2.92. The van der Waals surface area contributed by atoms with Gasteiger partial charge < -0.3 is 15.7 Å². The topological polar surface area (TPSA) is 66.6 Å². The number of hydrogen-bond acceptors (Lipinski definition) is 3. The number of primary amides is 1. The number of nitrogens with two attached hydrogens (primary N) is 1. The molecule has 0 aliphatic carbocycles. The van der Waals surface area contributed by atoms with E-state index in [2.05, 4.69) is 0 Å². The first-order valence-electron chi connectivity index (χ1n) is 4.24. The highest BCUT2D eigenvalue weighted by atomic mass is 16.3. The highest BCUT2D eigenvalue weighted by molar-refractivity contribution is 5.76. The molecule has 0 rings (SSSR count). The van der Waals surface area contributed by atoms with E-state index in [4.69, 9.17) is 10.8 Å². The third kappa shape index (κ3) is 4.31. The summed E-state index contributed by atoms with van der Waals surface area (Å²) in [6.07, 6.45) is 0. The van der Waals surface area contributed by atoms with Crippen molar-refractivity contribution in [1.82, 2.24) is 4.90 Å². The maximum absolute atomic E-state index is 10.7. The summed E-state index contributed by atoms with van der Waals surface area (Å²) in [6.45, 7) is 5.98. The Hall–Kier alpha value is -0.610. The summed E-state index contributed by atoms with van der Waals surface area (Å²) in [5, 5.41) is 8.66. The van der Waals surface area contributed by atoms with Gasteiger partial charge in [0.15, 0.2) is 0 Å². The fourth-order valence-electron chi connectivity index (χ4n) is 0.997. The molecule has 0 saturated carbocycles. The number of likely N-dealkylation sites (N-methyl/N-ethyl adjacent to an activating group) is 1. The maximum Gasteiger partial charge on any atom is 0.221 e. The highest BCUT2D eigenvalue weighted by Gasteiger charge is 2.12. The lowest BCUT2D eigenvalue weighted by molar-refractivity contribution is -0.121. The number of carbonyl (C=O) groups excluding carboxylic acids is 1. The van der Waals surface area contributed by atoms with Gasteiger partial charge in [0.2, 0.25) is 5.91 Å². The van der Waals surface area contributed by atoms with Crippen LogP contribution in [-0.2, 0) is 4.79 Å². The Labute approximate surface area is 73.3 Å². The van der Waals surface area contributed by atoms with Crippen LogP contribution in [-0.4, -0.2) is 42.2 Å². The molecule has 0 aromatic carbocycles. The van der Waals surface area contributed by atoms with Gasteiger partial charge in [-0.25, -0.2) is 0 Å². The molecule has 4 nitrogen and oxygen atoms in total. The van der Waals surface area contributed by atoms with Crippen molar-refractivity contribution in [3.8, 4) is 0 Å². The zero-order valence-corrected chi connectivity index (χ0v) is 7.79. The van der Waals surface area contributed by atoms with Gasteiger partial charge in [0.1, 0.15) is 0 Å². The Kier molecular flexibility index (Phi) is 5.66. The normalized spacial score (nSPS) is 13.3. The minimum absolute atomic E-state index is 0.124. The molecule has 0 fully saturated rings. The lowest BCUT2D eigenvalue weighted by atomic mass is 10.1. The first-order valence-corrected chi connectivity index (χ1v) is 4.24. The van der Waals surface area contributed by atoms with E-state index >= 15 is 0 Å². The molecule has 0 aliphatic rings. The van der Waals surface area contributed by atoms with Crippen LogP contribution in [0.25, 0.3) is 0 Å². The van der Waals surface area contributed by atoms with Gasteiger partial charge in [0, 0.05) is 19.0 Å². The van der Waals surface area contributed by atoms with E-state index in [1.807, 2.05) is 11.8 Å². The van der Waals surface area contributed by atoms with Crippen molar-refractivity contribution >= 4 is 5.91 Å². The average molecular weight is 174 g/mol. The summed E-state index contributed by atoms with van der Waals surface area (Å²) in [4.78, 5) is 12.7. The van der Waals surface area contributed by atoms with Crippen molar-refractivity contribution < 1.29 is 9.90 Å². The van der Waals surface area contributed by atoms with Gasteiger partial charge in [0.25, 0.3) is 0 Å². The highest BCUT2D eigenvalue weighted by Crippen LogP contribution is 1.97. The Morgan fingerprint density at radius 2 is 2.25 bits per heavy atom. The van der Waals surface area contributed by atoms with Crippen LogP contribution in [0.5, 0.6) is 0 Å². The number of carbonyl (C=O) groups is 1. The second-order valence-electron chi connectivity index (χ2n) is 2.92. The van der Waals surface area contributed by atoms with Crippen molar-refractivity contribution in [2.45, 2.75) is 13.8 Å². The molecule has 72 valence electrons. The molecule has 0 aromatic rings. The third-order valence-electron chi connectivity index (χ3n) is 1.88. The number of nitrogens with zero attached hydrogens (tertiary/aromatic N) is 1. The summed E-state index contributed by atoms with van der Waals surface area (Å²) in [5.74, 6) is -0.428. The van der Waals surface area contributed by atoms with Crippen LogP contribution in [0, 0.1) is 5.92 Å². The van der Waals surface area contributed by atoms with Crippen molar-refractivity contribution in [2.24, 2.45) is 11.7 Å². The number of amides is 1. The number of rotatable bonds is 6. The molecular weight excluding hydrogens is 156 g/mol. The number of hydrogen-bond donors (Lipinski definition) is 2. The van der Waals surface area contributed by atoms with Crippen molar-refractivity contribution in [3.63, 3.8) is 0 Å². The van der Waals surface area contributed by atoms with Crippen LogP contribution in [0.15, 0.2) is 0 Å². The third-order valence-corrected chi connectivity index (χ3v) is 1.88. The van der Waals surface area contributed by atoms with Crippen LogP contribution < -0.4 is 5.73 Å². The largest absolute Gasteiger partial charge is 0.395 e. The molecule has 0 aliphatic heterocycles. The Morgan fingerprint density at radius 1 is 1.67 bits per heavy atom. The zero-order chi connectivity index (χ0) is 9.56. The van der Waals surface area contributed by atoms with E-state index in [1.165, 1.54) is 0 Å². The first kappa shape index (κ1) is 11.4. The maximum atomic E-state index is 10.7. The molecule has 0 radical (unpaired) electrons. The summed E-state index contributed by atoms with van der Waals surface area (Å²) in [5.41, 5.74) is 5.11. The Morgan fingerprint density at radius 3 is 2.58 bits per heavy atom. The minimum Gasteiger partial charge on any atom is -0.395 e. The van der Waals surface area contributed by atoms with Gasteiger partial charge in [-0.3, -0.25) is 4.79 Å². The van der Waals surface area contributed by atoms with Crippen LogP contribution in [0.1, 0.15) is 13.8 Å². The van der Waals surface area contributed by atoms with Gasteiger partial charge in [-0.15, -0.1) is 0 Å². The van der Waals surface area contributed by atoms with Crippen molar-refractivity contribution in [1.29, 1.82) is 0 Å². The van der Waals surface area contributed by atoms with Gasteiger partial charge in [-0.05, 0) is 6.54 Å². The second kappa shape index (κ2) is 5.97. The van der Waals surface area contributed by atoms with E-state index in [1.54, 1.807) is 6.92 Å². The van der Waals surface area contributed by atoms with Crippen LogP contribution >= 0.6 is 0 Å². The predicted molar refractivity (Wildman–Crippen MR) is 47.6 cm³/mol. The molecule has 3 N–H and O–H groups in total. The fourth-order valence-corrected chi connectivity index (χ4v) is 0.997. The van der Waals surface area contributed by atoms with Crippen molar-refractivity contribution in [2.75, 3.05) is 26.2 Å². The van der Waals surface area contributed by atoms with E-state index < -0.39 is 0 Å². The average Bonchev–Trinajstić information content (AvgIpc) is 2.03. The van der Waals surface area contributed by atoms with E-state index in [-0.39, 0.29) is 18.4 Å². The zero-order valence-electron chi connectivity index (χ0n) is 7.79. The smallest absolute Gasteiger partial charge is 0.221 e. The fraction of sp³-hybridized carbons (Fsp3) is 0.875. The molecule has 0 bridgehead atoms.